The highest BCUT2D eigenvalue weighted by Crippen LogP contribution is 2.39. The molecule has 0 unspecified atom stereocenters. The van der Waals surface area contributed by atoms with Crippen LogP contribution in [0.15, 0.2) is 78.0 Å². The van der Waals surface area contributed by atoms with Gasteiger partial charge in [0, 0.05) is 50.4 Å². The molecule has 0 radical (unpaired) electrons. The summed E-state index contributed by atoms with van der Waals surface area (Å²) in [6, 6.07) is 21.7. The molecule has 3 aromatic rings. The van der Waals surface area contributed by atoms with Gasteiger partial charge in [0.05, 0.1) is 23.8 Å². The molecule has 9 heteroatoms. The molecule has 2 amide bonds. The number of nitrogens with one attached hydrogen (secondary N) is 2. The molecule has 218 valence electrons. The summed E-state index contributed by atoms with van der Waals surface area (Å²) in [5, 5.41) is 16.1. The van der Waals surface area contributed by atoms with Crippen molar-refractivity contribution in [1.82, 2.24) is 15.6 Å². The Kier molecular flexibility index (Phi) is 12.2. The fourth-order valence-electron chi connectivity index (χ4n) is 4.57. The lowest BCUT2D eigenvalue weighted by Crippen LogP contribution is -2.31. The van der Waals surface area contributed by atoms with E-state index in [0.717, 1.165) is 52.3 Å². The number of amides is 2. The first-order chi connectivity index (χ1) is 20.0. The molecule has 2 heterocycles. The molecule has 0 spiro atoms. The van der Waals surface area contributed by atoms with Crippen LogP contribution in [0.3, 0.4) is 0 Å². The predicted molar refractivity (Wildman–Crippen MR) is 159 cm³/mol. The first kappa shape index (κ1) is 30.7. The SMILES string of the molecule is CC(=O)NCCCCCC(=O)NCc1ccc([C@H]2O[C@@H](CSc3ccccn3)C[C@@H](c3ccc(CO)cc3)O2)cc1. The molecule has 41 heavy (non-hydrogen) atoms. The molecule has 1 saturated heterocycles. The Morgan fingerprint density at radius 3 is 2.39 bits per heavy atom. The second-order valence-corrected chi connectivity index (χ2v) is 11.2. The van der Waals surface area contributed by atoms with E-state index in [1.54, 1.807) is 18.0 Å². The van der Waals surface area contributed by atoms with Gasteiger partial charge in [-0.25, -0.2) is 4.98 Å². The third-order valence-corrected chi connectivity index (χ3v) is 7.94. The molecule has 1 aliphatic rings. The van der Waals surface area contributed by atoms with Gasteiger partial charge in [-0.1, -0.05) is 61.0 Å². The Labute approximate surface area is 246 Å². The molecule has 1 aliphatic heterocycles. The lowest BCUT2D eigenvalue weighted by atomic mass is 10.0. The summed E-state index contributed by atoms with van der Waals surface area (Å²) in [5.74, 6) is 0.749. The number of hydrogen-bond acceptors (Lipinski definition) is 7. The minimum absolute atomic E-state index is 0.00756. The van der Waals surface area contributed by atoms with Crippen LogP contribution in [-0.2, 0) is 32.2 Å². The fourth-order valence-corrected chi connectivity index (χ4v) is 5.45. The Bertz CT molecular complexity index is 1220. The zero-order valence-corrected chi connectivity index (χ0v) is 24.3. The van der Waals surface area contributed by atoms with Crippen molar-refractivity contribution in [1.29, 1.82) is 0 Å². The van der Waals surface area contributed by atoms with Crippen LogP contribution in [0.25, 0.3) is 0 Å². The van der Waals surface area contributed by atoms with Gasteiger partial charge in [-0.05, 0) is 41.7 Å². The molecule has 4 rings (SSSR count). The summed E-state index contributed by atoms with van der Waals surface area (Å²) in [6.07, 6.45) is 4.84. The molecule has 0 saturated carbocycles. The minimum Gasteiger partial charge on any atom is -0.392 e. The van der Waals surface area contributed by atoms with Crippen molar-refractivity contribution >= 4 is 23.6 Å². The lowest BCUT2D eigenvalue weighted by Gasteiger charge is -2.36. The minimum atomic E-state index is -0.526. The maximum absolute atomic E-state index is 12.2. The van der Waals surface area contributed by atoms with E-state index >= 15 is 0 Å². The van der Waals surface area contributed by atoms with Crippen molar-refractivity contribution < 1.29 is 24.2 Å². The molecule has 3 N–H and O–H groups in total. The van der Waals surface area contributed by atoms with Crippen LogP contribution < -0.4 is 10.6 Å². The van der Waals surface area contributed by atoms with Gasteiger partial charge in [-0.3, -0.25) is 9.59 Å². The monoisotopic (exact) mass is 577 g/mol. The summed E-state index contributed by atoms with van der Waals surface area (Å²) in [7, 11) is 0. The standard InChI is InChI=1S/C32H39N3O5S/c1-23(37)33-17-5-2-3-7-30(38)35-20-24-9-15-27(16-10-24)32-39-28(22-41-31-8-4-6-18-34-31)19-29(40-32)26-13-11-25(21-36)12-14-26/h4,6,8-16,18,28-29,32,36H,2-3,5,7,17,19-22H2,1H3,(H,33,37)(H,35,38)/t28-,29+,32+/m1/s1. The van der Waals surface area contributed by atoms with Crippen LogP contribution in [0.5, 0.6) is 0 Å². The number of pyridine rings is 1. The number of unbranched alkanes of at least 4 members (excludes halogenated alkanes) is 2. The quantitative estimate of drug-likeness (QED) is 0.178. The topological polar surface area (TPSA) is 110 Å². The number of aromatic nitrogens is 1. The van der Waals surface area contributed by atoms with Crippen molar-refractivity contribution in [2.45, 2.75) is 75.7 Å². The van der Waals surface area contributed by atoms with Gasteiger partial charge >= 0.3 is 0 Å². The third-order valence-electron chi connectivity index (χ3n) is 6.87. The number of carbonyl (C=O) groups is 2. The van der Waals surface area contributed by atoms with Crippen LogP contribution in [0.4, 0.5) is 0 Å². The van der Waals surface area contributed by atoms with Crippen LogP contribution >= 0.6 is 11.8 Å². The Hall–Kier alpha value is -3.24. The van der Waals surface area contributed by atoms with Gasteiger partial charge in [0.15, 0.2) is 6.29 Å². The second-order valence-electron chi connectivity index (χ2n) is 10.1. The summed E-state index contributed by atoms with van der Waals surface area (Å²) in [6.45, 7) is 2.62. The van der Waals surface area contributed by atoms with E-state index in [-0.39, 0.29) is 30.6 Å². The zero-order valence-electron chi connectivity index (χ0n) is 23.5. The summed E-state index contributed by atoms with van der Waals surface area (Å²) in [5.41, 5.74) is 3.84. The molecular formula is C32H39N3O5S. The maximum Gasteiger partial charge on any atom is 0.220 e. The normalized spacial score (nSPS) is 18.5. The van der Waals surface area contributed by atoms with Crippen LogP contribution in [0.1, 0.15) is 73.7 Å². The molecule has 1 aromatic heterocycles. The molecule has 0 aliphatic carbocycles. The Morgan fingerprint density at radius 2 is 1.68 bits per heavy atom. The van der Waals surface area contributed by atoms with Crippen LogP contribution in [-0.4, -0.2) is 40.3 Å². The van der Waals surface area contributed by atoms with E-state index in [2.05, 4.69) is 15.6 Å². The molecular weight excluding hydrogens is 538 g/mol. The number of thioether (sulfide) groups is 1. The summed E-state index contributed by atoms with van der Waals surface area (Å²) >= 11 is 1.67. The number of aliphatic hydroxyl groups excluding tert-OH is 1. The highest BCUT2D eigenvalue weighted by atomic mass is 32.2. The van der Waals surface area contributed by atoms with E-state index in [4.69, 9.17) is 9.47 Å². The van der Waals surface area contributed by atoms with E-state index in [1.807, 2.05) is 66.7 Å². The number of benzene rings is 2. The number of aliphatic hydroxyl groups is 1. The zero-order chi connectivity index (χ0) is 28.9. The van der Waals surface area contributed by atoms with Gasteiger partial charge in [0.2, 0.25) is 11.8 Å². The highest BCUT2D eigenvalue weighted by molar-refractivity contribution is 7.99. The largest absolute Gasteiger partial charge is 0.392 e. The van der Waals surface area contributed by atoms with Gasteiger partial charge in [0.1, 0.15) is 0 Å². The van der Waals surface area contributed by atoms with Crippen molar-refractivity contribution in [2.75, 3.05) is 12.3 Å². The lowest BCUT2D eigenvalue weighted by molar-refractivity contribution is -0.245. The number of carbonyl (C=O) groups excluding carboxylic acids is 2. The fraction of sp³-hybridized carbons (Fsp3) is 0.406. The molecule has 1 fully saturated rings. The van der Waals surface area contributed by atoms with E-state index in [1.165, 1.54) is 6.92 Å². The first-order valence-electron chi connectivity index (χ1n) is 14.1. The van der Waals surface area contributed by atoms with Gasteiger partial charge in [-0.2, -0.15) is 0 Å². The first-order valence-corrected chi connectivity index (χ1v) is 15.1. The van der Waals surface area contributed by atoms with E-state index < -0.39 is 6.29 Å². The number of nitrogens with zero attached hydrogens (tertiary/aromatic N) is 1. The summed E-state index contributed by atoms with van der Waals surface area (Å²) < 4.78 is 12.8. The van der Waals surface area contributed by atoms with Crippen molar-refractivity contribution in [3.63, 3.8) is 0 Å². The average molecular weight is 578 g/mol. The number of hydrogen-bond donors (Lipinski definition) is 3. The smallest absolute Gasteiger partial charge is 0.220 e. The van der Waals surface area contributed by atoms with Crippen molar-refractivity contribution in [3.05, 3.63) is 95.2 Å². The molecule has 2 aromatic carbocycles. The van der Waals surface area contributed by atoms with Crippen molar-refractivity contribution in [2.24, 2.45) is 0 Å². The van der Waals surface area contributed by atoms with Gasteiger partial charge < -0.3 is 25.2 Å². The predicted octanol–water partition coefficient (Wildman–Crippen LogP) is 5.22. The maximum atomic E-state index is 12.2. The van der Waals surface area contributed by atoms with Crippen LogP contribution in [0, 0.1) is 0 Å². The number of ether oxygens (including phenoxy) is 2. The number of rotatable bonds is 14. The van der Waals surface area contributed by atoms with Gasteiger partial charge in [0.25, 0.3) is 0 Å². The molecule has 0 bridgehead atoms. The highest BCUT2D eigenvalue weighted by Gasteiger charge is 2.32. The van der Waals surface area contributed by atoms with Gasteiger partial charge in [-0.15, -0.1) is 11.8 Å². The van der Waals surface area contributed by atoms with Crippen molar-refractivity contribution in [3.8, 4) is 0 Å². The average Bonchev–Trinajstić information content (AvgIpc) is 3.01. The van der Waals surface area contributed by atoms with E-state index in [0.29, 0.717) is 25.9 Å². The molecule has 8 nitrogen and oxygen atoms in total. The molecule has 3 atom stereocenters. The summed E-state index contributed by atoms with van der Waals surface area (Å²) in [4.78, 5) is 27.6. The Morgan fingerprint density at radius 1 is 0.927 bits per heavy atom. The van der Waals surface area contributed by atoms with E-state index in [9.17, 15) is 14.7 Å². The second kappa shape index (κ2) is 16.3. The third kappa shape index (κ3) is 10.3. The van der Waals surface area contributed by atoms with Crippen LogP contribution in [0.2, 0.25) is 0 Å². The Balaban J connectivity index is 1.32.